The summed E-state index contributed by atoms with van der Waals surface area (Å²) in [5.74, 6) is -1.52. The molecule has 0 aromatic carbocycles. The van der Waals surface area contributed by atoms with E-state index in [2.05, 4.69) is 4.98 Å². The topological polar surface area (TPSA) is 107 Å². The molecule has 0 saturated carbocycles. The second-order valence-electron chi connectivity index (χ2n) is 6.39. The summed E-state index contributed by atoms with van der Waals surface area (Å²) >= 11 is 1.07. The van der Waals surface area contributed by atoms with E-state index in [0.717, 1.165) is 17.0 Å². The molecule has 2 aromatic heterocycles. The monoisotopic (exact) mass is 408 g/mol. The number of esters is 2. The number of aromatic amines is 1. The van der Waals surface area contributed by atoms with E-state index in [1.54, 1.807) is 33.1 Å². The average Bonchev–Trinajstić information content (AvgIpc) is 3.11. The smallest absolute Gasteiger partial charge is 0.340 e. The lowest BCUT2D eigenvalue weighted by atomic mass is 10.1. The first kappa shape index (κ1) is 21.6. The van der Waals surface area contributed by atoms with Gasteiger partial charge < -0.3 is 19.0 Å². The number of ketones is 1. The maximum absolute atomic E-state index is 12.7. The third-order valence-corrected chi connectivity index (χ3v) is 5.24. The van der Waals surface area contributed by atoms with Gasteiger partial charge in [-0.15, -0.1) is 0 Å². The molecule has 0 spiro atoms. The summed E-state index contributed by atoms with van der Waals surface area (Å²) in [5.41, 5.74) is 2.28. The average molecular weight is 408 g/mol. The second-order valence-corrected chi connectivity index (χ2v) is 7.21. The molecule has 0 aliphatic rings. The van der Waals surface area contributed by atoms with Crippen LogP contribution in [0.5, 0.6) is 0 Å². The SMILES string of the molecule is CCOC(=O)c1c(C)[nH]c(C(=O)[C@@H](C)OC(=O)CCn2c(C)csc2=O)c1C. The third kappa shape index (κ3) is 4.59. The highest BCUT2D eigenvalue weighted by Gasteiger charge is 2.27. The van der Waals surface area contributed by atoms with Gasteiger partial charge in [0.1, 0.15) is 0 Å². The number of carbonyl (C=O) groups is 3. The summed E-state index contributed by atoms with van der Waals surface area (Å²) in [5, 5.41) is 1.72. The molecule has 0 aliphatic carbocycles. The van der Waals surface area contributed by atoms with Gasteiger partial charge in [0.2, 0.25) is 5.78 Å². The second kappa shape index (κ2) is 9.01. The molecule has 152 valence electrons. The number of nitrogens with zero attached hydrogens (tertiary/aromatic N) is 1. The Morgan fingerprint density at radius 2 is 1.93 bits per heavy atom. The third-order valence-electron chi connectivity index (χ3n) is 4.36. The van der Waals surface area contributed by atoms with Crippen molar-refractivity contribution in [2.45, 2.75) is 53.7 Å². The molecule has 8 nitrogen and oxygen atoms in total. The largest absolute Gasteiger partial charge is 0.462 e. The van der Waals surface area contributed by atoms with Gasteiger partial charge >= 0.3 is 16.8 Å². The first-order valence-corrected chi connectivity index (χ1v) is 9.80. The van der Waals surface area contributed by atoms with Gasteiger partial charge in [-0.1, -0.05) is 11.3 Å². The molecule has 9 heteroatoms. The maximum Gasteiger partial charge on any atom is 0.340 e. The quantitative estimate of drug-likeness (QED) is 0.531. The van der Waals surface area contributed by atoms with Gasteiger partial charge in [0.25, 0.3) is 0 Å². The van der Waals surface area contributed by atoms with Crippen LogP contribution in [-0.4, -0.2) is 40.0 Å². The lowest BCUT2D eigenvalue weighted by Crippen LogP contribution is -2.26. The molecule has 1 atom stereocenters. The van der Waals surface area contributed by atoms with Crippen LogP contribution in [0.3, 0.4) is 0 Å². The Morgan fingerprint density at radius 1 is 1.25 bits per heavy atom. The molecule has 28 heavy (non-hydrogen) atoms. The van der Waals surface area contributed by atoms with E-state index in [9.17, 15) is 19.2 Å². The van der Waals surface area contributed by atoms with E-state index < -0.39 is 23.8 Å². The summed E-state index contributed by atoms with van der Waals surface area (Å²) in [6.07, 6.45) is -1.05. The minimum atomic E-state index is -1.03. The van der Waals surface area contributed by atoms with E-state index in [1.165, 1.54) is 11.5 Å². The van der Waals surface area contributed by atoms with Crippen LogP contribution in [0.25, 0.3) is 0 Å². The van der Waals surface area contributed by atoms with Gasteiger partial charge in [-0.3, -0.25) is 14.4 Å². The molecule has 0 unspecified atom stereocenters. The Bertz CT molecular complexity index is 952. The zero-order valence-electron chi connectivity index (χ0n) is 16.6. The van der Waals surface area contributed by atoms with Crippen molar-refractivity contribution in [3.8, 4) is 0 Å². The van der Waals surface area contributed by atoms with Gasteiger partial charge in [-0.25, -0.2) is 4.79 Å². The molecule has 2 aromatic rings. The number of hydrogen-bond acceptors (Lipinski definition) is 7. The standard InChI is InChI=1S/C19H24N2O6S/c1-6-26-18(24)15-11(3)16(20-12(15)4)17(23)13(5)27-14(22)7-8-21-10(2)9-28-19(21)25/h9,13,20H,6-8H2,1-5H3/t13-/m1/s1. The molecule has 0 radical (unpaired) electrons. The Balaban J connectivity index is 2.04. The molecular weight excluding hydrogens is 384 g/mol. The normalized spacial score (nSPS) is 11.9. The van der Waals surface area contributed by atoms with Crippen LogP contribution in [0, 0.1) is 20.8 Å². The van der Waals surface area contributed by atoms with Crippen molar-refractivity contribution >= 4 is 29.1 Å². The number of nitrogens with one attached hydrogen (secondary N) is 1. The van der Waals surface area contributed by atoms with E-state index >= 15 is 0 Å². The summed E-state index contributed by atoms with van der Waals surface area (Å²) in [6.45, 7) is 8.70. The highest BCUT2D eigenvalue weighted by Crippen LogP contribution is 2.21. The van der Waals surface area contributed by atoms with Crippen LogP contribution in [0.2, 0.25) is 0 Å². The zero-order chi connectivity index (χ0) is 21.0. The van der Waals surface area contributed by atoms with Crippen LogP contribution in [0.1, 0.15) is 58.1 Å². The fourth-order valence-electron chi connectivity index (χ4n) is 2.90. The van der Waals surface area contributed by atoms with E-state index in [-0.39, 0.29) is 30.1 Å². The van der Waals surface area contributed by atoms with Crippen LogP contribution >= 0.6 is 11.3 Å². The van der Waals surface area contributed by atoms with Crippen LogP contribution in [-0.2, 0) is 20.8 Å². The van der Waals surface area contributed by atoms with E-state index in [1.807, 2.05) is 0 Å². The molecule has 2 heterocycles. The number of aromatic nitrogens is 2. The van der Waals surface area contributed by atoms with Crippen LogP contribution in [0.15, 0.2) is 10.2 Å². The summed E-state index contributed by atoms with van der Waals surface area (Å²) in [4.78, 5) is 51.2. The van der Waals surface area contributed by atoms with Crippen molar-refractivity contribution in [2.24, 2.45) is 0 Å². The number of aryl methyl sites for hydroxylation is 2. The predicted molar refractivity (Wildman–Crippen MR) is 104 cm³/mol. The molecule has 1 N–H and O–H groups in total. The van der Waals surface area contributed by atoms with Gasteiger partial charge in [0.05, 0.1) is 24.3 Å². The van der Waals surface area contributed by atoms with Gasteiger partial charge in [-0.05, 0) is 40.2 Å². The van der Waals surface area contributed by atoms with Crippen LogP contribution in [0.4, 0.5) is 0 Å². The summed E-state index contributed by atoms with van der Waals surface area (Å²) in [6, 6.07) is 0. The lowest BCUT2D eigenvalue weighted by Gasteiger charge is -2.12. The molecular formula is C19H24N2O6S. The zero-order valence-corrected chi connectivity index (χ0v) is 17.4. The first-order valence-electron chi connectivity index (χ1n) is 8.92. The van der Waals surface area contributed by atoms with Gasteiger partial charge in [0, 0.05) is 23.3 Å². The molecule has 2 rings (SSSR count). The van der Waals surface area contributed by atoms with Crippen molar-refractivity contribution in [2.75, 3.05) is 6.61 Å². The highest BCUT2D eigenvalue weighted by atomic mass is 32.1. The van der Waals surface area contributed by atoms with Crippen LogP contribution < -0.4 is 4.87 Å². The lowest BCUT2D eigenvalue weighted by molar-refractivity contribution is -0.146. The highest BCUT2D eigenvalue weighted by molar-refractivity contribution is 7.07. The number of thiazole rings is 1. The fourth-order valence-corrected chi connectivity index (χ4v) is 3.66. The maximum atomic E-state index is 12.7. The number of ether oxygens (including phenoxy) is 2. The Labute approximate surface area is 166 Å². The van der Waals surface area contributed by atoms with Crippen molar-refractivity contribution in [1.29, 1.82) is 0 Å². The van der Waals surface area contributed by atoms with Crippen molar-refractivity contribution in [3.63, 3.8) is 0 Å². The molecule has 0 bridgehead atoms. The van der Waals surface area contributed by atoms with Gasteiger partial charge in [0.15, 0.2) is 6.10 Å². The van der Waals surface area contributed by atoms with Gasteiger partial charge in [-0.2, -0.15) is 0 Å². The number of hydrogen-bond donors (Lipinski definition) is 1. The van der Waals surface area contributed by atoms with Crippen molar-refractivity contribution in [1.82, 2.24) is 9.55 Å². The number of carbonyl (C=O) groups excluding carboxylic acids is 3. The number of rotatable bonds is 8. The minimum Gasteiger partial charge on any atom is -0.462 e. The molecule has 0 saturated heterocycles. The molecule has 0 fully saturated rings. The van der Waals surface area contributed by atoms with Crippen molar-refractivity contribution < 1.29 is 23.9 Å². The fraction of sp³-hybridized carbons (Fsp3) is 0.474. The number of H-pyrrole nitrogens is 1. The van der Waals surface area contributed by atoms with E-state index in [4.69, 9.17) is 9.47 Å². The number of Topliss-reactive ketones (excluding diaryl/α,β-unsaturated/α-hetero) is 1. The molecule has 0 amide bonds. The Hall–Kier alpha value is -2.68. The Morgan fingerprint density at radius 3 is 2.50 bits per heavy atom. The summed E-state index contributed by atoms with van der Waals surface area (Å²) in [7, 11) is 0. The first-order chi connectivity index (χ1) is 13.2. The Kier molecular flexibility index (Phi) is 6.95. The minimum absolute atomic E-state index is 0.0219. The molecule has 0 aliphatic heterocycles. The van der Waals surface area contributed by atoms with E-state index in [0.29, 0.717) is 16.8 Å². The summed E-state index contributed by atoms with van der Waals surface area (Å²) < 4.78 is 11.7. The van der Waals surface area contributed by atoms with Crippen molar-refractivity contribution in [3.05, 3.63) is 43.3 Å². The predicted octanol–water partition coefficient (Wildman–Crippen LogP) is 2.54.